The Kier molecular flexibility index (Phi) is 2.68. The quantitative estimate of drug-likeness (QED) is 0.497. The van der Waals surface area contributed by atoms with Gasteiger partial charge in [-0.1, -0.05) is 0 Å². The van der Waals surface area contributed by atoms with Crippen LogP contribution >= 0.6 is 0 Å². The highest BCUT2D eigenvalue weighted by Crippen LogP contribution is 2.14. The van der Waals surface area contributed by atoms with Crippen molar-refractivity contribution in [3.05, 3.63) is 56.9 Å². The van der Waals surface area contributed by atoms with Crippen molar-refractivity contribution in [2.75, 3.05) is 5.32 Å². The molecule has 0 aliphatic heterocycles. The van der Waals surface area contributed by atoms with E-state index in [1.807, 2.05) is 0 Å². The smallest absolute Gasteiger partial charge is 0.314 e. The van der Waals surface area contributed by atoms with E-state index < -0.39 is 11.1 Å². The summed E-state index contributed by atoms with van der Waals surface area (Å²) in [7, 11) is 0. The first-order valence-electron chi connectivity index (χ1n) is 5.70. The molecule has 0 aliphatic rings. The number of rotatable bonds is 2. The van der Waals surface area contributed by atoms with Gasteiger partial charge in [0, 0.05) is 11.9 Å². The number of anilines is 1. The monoisotopic (exact) mass is 271 g/mol. The van der Waals surface area contributed by atoms with Crippen LogP contribution in [0.4, 0.5) is 5.69 Å². The first kappa shape index (κ1) is 11.9. The first-order chi connectivity index (χ1) is 9.63. The molecule has 8 heteroatoms. The molecular weight excluding hydrogens is 262 g/mol. The second-order valence-corrected chi connectivity index (χ2v) is 4.11. The zero-order chi connectivity index (χ0) is 14.1. The summed E-state index contributed by atoms with van der Waals surface area (Å²) >= 11 is 0. The van der Waals surface area contributed by atoms with Gasteiger partial charge in [0.25, 0.3) is 5.91 Å². The summed E-state index contributed by atoms with van der Waals surface area (Å²) in [6.07, 6.45) is 2.87. The second kappa shape index (κ2) is 4.50. The molecule has 0 saturated heterocycles. The molecule has 0 fully saturated rings. The SMILES string of the molecule is O=C(Nc1ccc2[nH]c(=O)c(=O)[nH]c2c1)c1cn[nH]c1. The molecule has 100 valence electrons. The van der Waals surface area contributed by atoms with Crippen LogP contribution in [0.3, 0.4) is 0 Å². The Labute approximate surface area is 110 Å². The molecule has 2 aromatic heterocycles. The lowest BCUT2D eigenvalue weighted by molar-refractivity contribution is 0.102. The molecule has 0 atom stereocenters. The first-order valence-corrected chi connectivity index (χ1v) is 5.70. The minimum Gasteiger partial charge on any atom is -0.322 e. The molecule has 0 radical (unpaired) electrons. The van der Waals surface area contributed by atoms with Crippen LogP contribution in [0.5, 0.6) is 0 Å². The van der Waals surface area contributed by atoms with E-state index in [1.165, 1.54) is 12.4 Å². The zero-order valence-electron chi connectivity index (χ0n) is 10.1. The average Bonchev–Trinajstić information content (AvgIpc) is 2.94. The van der Waals surface area contributed by atoms with Crippen molar-refractivity contribution >= 4 is 22.6 Å². The van der Waals surface area contributed by atoms with E-state index >= 15 is 0 Å². The van der Waals surface area contributed by atoms with Crippen molar-refractivity contribution in [3.8, 4) is 0 Å². The third-order valence-corrected chi connectivity index (χ3v) is 2.74. The second-order valence-electron chi connectivity index (χ2n) is 4.11. The number of fused-ring (bicyclic) bond motifs is 1. The number of carbonyl (C=O) groups excluding carboxylic acids is 1. The predicted molar refractivity (Wildman–Crippen MR) is 71.7 cm³/mol. The number of hydrogen-bond donors (Lipinski definition) is 4. The average molecular weight is 271 g/mol. The molecule has 3 rings (SSSR count). The van der Waals surface area contributed by atoms with Gasteiger partial charge in [0.05, 0.1) is 22.8 Å². The highest BCUT2D eigenvalue weighted by Gasteiger charge is 2.08. The van der Waals surface area contributed by atoms with Crippen LogP contribution < -0.4 is 16.4 Å². The molecule has 20 heavy (non-hydrogen) atoms. The lowest BCUT2D eigenvalue weighted by Gasteiger charge is -2.04. The minimum atomic E-state index is -0.740. The molecule has 0 aliphatic carbocycles. The Morgan fingerprint density at radius 1 is 1.10 bits per heavy atom. The largest absolute Gasteiger partial charge is 0.322 e. The van der Waals surface area contributed by atoms with Crippen LogP contribution in [-0.2, 0) is 0 Å². The van der Waals surface area contributed by atoms with Gasteiger partial charge in [-0.25, -0.2) is 0 Å². The Morgan fingerprint density at radius 2 is 1.85 bits per heavy atom. The van der Waals surface area contributed by atoms with E-state index in [9.17, 15) is 14.4 Å². The van der Waals surface area contributed by atoms with Gasteiger partial charge in [-0.3, -0.25) is 19.5 Å². The van der Waals surface area contributed by atoms with E-state index in [0.29, 0.717) is 22.3 Å². The van der Waals surface area contributed by atoms with Gasteiger partial charge in [0.2, 0.25) is 0 Å². The van der Waals surface area contributed by atoms with Crippen molar-refractivity contribution in [2.45, 2.75) is 0 Å². The molecule has 0 saturated carbocycles. The maximum Gasteiger partial charge on any atom is 0.314 e. The van der Waals surface area contributed by atoms with Crippen LogP contribution in [0.25, 0.3) is 11.0 Å². The normalized spacial score (nSPS) is 10.6. The fourth-order valence-corrected chi connectivity index (χ4v) is 1.77. The number of aromatic amines is 3. The van der Waals surface area contributed by atoms with E-state index in [0.717, 1.165) is 0 Å². The molecule has 1 aromatic carbocycles. The van der Waals surface area contributed by atoms with Crippen LogP contribution in [0.15, 0.2) is 40.2 Å². The van der Waals surface area contributed by atoms with Gasteiger partial charge in [0.1, 0.15) is 0 Å². The van der Waals surface area contributed by atoms with Crippen LogP contribution in [-0.4, -0.2) is 26.1 Å². The molecule has 3 aromatic rings. The fraction of sp³-hybridized carbons (Fsp3) is 0. The molecule has 2 heterocycles. The predicted octanol–water partition coefficient (Wildman–Crippen LogP) is 0.192. The van der Waals surface area contributed by atoms with Crippen LogP contribution in [0, 0.1) is 0 Å². The van der Waals surface area contributed by atoms with Crippen LogP contribution in [0.1, 0.15) is 10.4 Å². The lowest BCUT2D eigenvalue weighted by Crippen LogP contribution is -2.28. The summed E-state index contributed by atoms with van der Waals surface area (Å²) in [5, 5.41) is 8.88. The van der Waals surface area contributed by atoms with Crippen molar-refractivity contribution in [1.82, 2.24) is 20.2 Å². The topological polar surface area (TPSA) is 124 Å². The van der Waals surface area contributed by atoms with Gasteiger partial charge < -0.3 is 15.3 Å². The summed E-state index contributed by atoms with van der Waals surface area (Å²) < 4.78 is 0. The van der Waals surface area contributed by atoms with Crippen LogP contribution in [0.2, 0.25) is 0 Å². The molecule has 0 spiro atoms. The van der Waals surface area contributed by atoms with Crippen molar-refractivity contribution < 1.29 is 4.79 Å². The number of aromatic nitrogens is 4. The number of carbonyl (C=O) groups is 1. The maximum absolute atomic E-state index is 11.8. The molecule has 0 unspecified atom stereocenters. The van der Waals surface area contributed by atoms with E-state index in [4.69, 9.17) is 0 Å². The molecular formula is C12H9N5O3. The number of amides is 1. The molecule has 4 N–H and O–H groups in total. The van der Waals surface area contributed by atoms with Gasteiger partial charge in [-0.05, 0) is 18.2 Å². The molecule has 8 nitrogen and oxygen atoms in total. The lowest BCUT2D eigenvalue weighted by atomic mass is 10.2. The zero-order valence-corrected chi connectivity index (χ0v) is 10.1. The summed E-state index contributed by atoms with van der Waals surface area (Å²) in [5.41, 5.74) is 0.338. The van der Waals surface area contributed by atoms with Gasteiger partial charge in [0.15, 0.2) is 0 Å². The number of H-pyrrole nitrogens is 3. The summed E-state index contributed by atoms with van der Waals surface area (Å²) in [6.45, 7) is 0. The molecule has 1 amide bonds. The van der Waals surface area contributed by atoms with E-state index in [2.05, 4.69) is 25.5 Å². The fourth-order valence-electron chi connectivity index (χ4n) is 1.77. The summed E-state index contributed by atoms with van der Waals surface area (Å²) in [6, 6.07) is 4.77. The number of nitrogens with zero attached hydrogens (tertiary/aromatic N) is 1. The number of nitrogens with one attached hydrogen (secondary N) is 4. The summed E-state index contributed by atoms with van der Waals surface area (Å²) in [5.74, 6) is -0.329. The molecule has 0 bridgehead atoms. The van der Waals surface area contributed by atoms with Crippen molar-refractivity contribution in [2.24, 2.45) is 0 Å². The summed E-state index contributed by atoms with van der Waals surface area (Å²) in [4.78, 5) is 39.1. The standard InChI is InChI=1S/C12H9N5O3/c18-10(6-4-13-14-5-6)15-7-1-2-8-9(3-7)17-12(20)11(19)16-8/h1-5H,(H,13,14)(H,15,18)(H,16,19)(H,17,20). The Bertz CT molecular complexity index is 891. The number of benzene rings is 1. The highest BCUT2D eigenvalue weighted by molar-refractivity contribution is 6.04. The Hall–Kier alpha value is -3.16. The van der Waals surface area contributed by atoms with Gasteiger partial charge in [-0.2, -0.15) is 5.10 Å². The van der Waals surface area contributed by atoms with E-state index in [-0.39, 0.29) is 5.91 Å². The van der Waals surface area contributed by atoms with Gasteiger partial charge in [-0.15, -0.1) is 0 Å². The third-order valence-electron chi connectivity index (χ3n) is 2.74. The Balaban J connectivity index is 1.97. The third kappa shape index (κ3) is 2.09. The van der Waals surface area contributed by atoms with E-state index in [1.54, 1.807) is 18.2 Å². The maximum atomic E-state index is 11.8. The highest BCUT2D eigenvalue weighted by atomic mass is 16.2. The van der Waals surface area contributed by atoms with Crippen molar-refractivity contribution in [1.29, 1.82) is 0 Å². The minimum absolute atomic E-state index is 0.329. The van der Waals surface area contributed by atoms with Gasteiger partial charge >= 0.3 is 11.1 Å². The Morgan fingerprint density at radius 3 is 2.55 bits per heavy atom. The number of hydrogen-bond acceptors (Lipinski definition) is 4. The van der Waals surface area contributed by atoms with Crippen molar-refractivity contribution in [3.63, 3.8) is 0 Å².